The minimum absolute atomic E-state index is 0.0332. The van der Waals surface area contributed by atoms with Crippen LogP contribution in [0.2, 0.25) is 0 Å². The molecule has 3 aromatic rings. The SMILES string of the molecule is COc1ccccc1SC(=O)C[N+]12CCC(CC1)C(OC(=O)N(Cc1ccc(F)cc1)c1ccccc1F)C2. The molecule has 0 radical (unpaired) electrons. The van der Waals surface area contributed by atoms with E-state index in [0.717, 1.165) is 30.8 Å². The molecule has 6 nitrogen and oxygen atoms in total. The molecule has 0 N–H and O–H groups in total. The van der Waals surface area contributed by atoms with Crippen LogP contribution in [0.1, 0.15) is 18.4 Å². The van der Waals surface area contributed by atoms with Gasteiger partial charge in [-0.3, -0.25) is 9.69 Å². The van der Waals surface area contributed by atoms with Gasteiger partial charge in [-0.2, -0.15) is 0 Å². The Kier molecular flexibility index (Phi) is 8.18. The summed E-state index contributed by atoms with van der Waals surface area (Å²) in [6.45, 7) is 2.60. The number of carbonyl (C=O) groups is 2. The highest BCUT2D eigenvalue weighted by atomic mass is 32.2. The van der Waals surface area contributed by atoms with Crippen LogP contribution in [-0.4, -0.2) is 55.1 Å². The van der Waals surface area contributed by atoms with Crippen molar-refractivity contribution in [1.29, 1.82) is 0 Å². The average molecular weight is 554 g/mol. The summed E-state index contributed by atoms with van der Waals surface area (Å²) in [6.07, 6.45) is 0.660. The Hall–Kier alpha value is -3.43. The molecule has 1 amide bonds. The van der Waals surface area contributed by atoms with E-state index in [1.807, 2.05) is 24.3 Å². The lowest BCUT2D eigenvalue weighted by Gasteiger charge is -2.51. The Labute approximate surface area is 231 Å². The lowest BCUT2D eigenvalue weighted by molar-refractivity contribution is -0.938. The molecule has 0 aromatic heterocycles. The quantitative estimate of drug-likeness (QED) is 0.251. The van der Waals surface area contributed by atoms with Gasteiger partial charge in [-0.05, 0) is 53.7 Å². The van der Waals surface area contributed by atoms with Crippen LogP contribution in [-0.2, 0) is 16.1 Å². The van der Waals surface area contributed by atoms with Crippen molar-refractivity contribution in [3.8, 4) is 5.75 Å². The predicted molar refractivity (Wildman–Crippen MR) is 146 cm³/mol. The maximum atomic E-state index is 14.8. The van der Waals surface area contributed by atoms with E-state index in [-0.39, 0.29) is 29.4 Å². The summed E-state index contributed by atoms with van der Waals surface area (Å²) < 4.78 is 40.2. The van der Waals surface area contributed by atoms with E-state index in [1.165, 1.54) is 40.9 Å². The first-order chi connectivity index (χ1) is 18.9. The van der Waals surface area contributed by atoms with Crippen molar-refractivity contribution in [1.82, 2.24) is 0 Å². The molecule has 0 saturated carbocycles. The second-order valence-corrected chi connectivity index (χ2v) is 11.3. The van der Waals surface area contributed by atoms with E-state index in [0.29, 0.717) is 28.9 Å². The zero-order valence-corrected chi connectivity index (χ0v) is 22.5. The van der Waals surface area contributed by atoms with Gasteiger partial charge in [0, 0.05) is 18.8 Å². The number of ether oxygens (including phenoxy) is 2. The summed E-state index contributed by atoms with van der Waals surface area (Å²) in [5.41, 5.74) is 0.744. The number of halogens is 2. The molecule has 0 spiro atoms. The Morgan fingerprint density at radius 2 is 1.67 bits per heavy atom. The van der Waals surface area contributed by atoms with Crippen LogP contribution in [0, 0.1) is 17.6 Å². The lowest BCUT2D eigenvalue weighted by Crippen LogP contribution is -2.65. The summed E-state index contributed by atoms with van der Waals surface area (Å²) >= 11 is 1.18. The number of thioether (sulfide) groups is 1. The van der Waals surface area contributed by atoms with Gasteiger partial charge in [0.1, 0.15) is 30.5 Å². The zero-order chi connectivity index (χ0) is 27.4. The fourth-order valence-corrected chi connectivity index (χ4v) is 6.58. The van der Waals surface area contributed by atoms with Gasteiger partial charge >= 0.3 is 6.09 Å². The number of fused-ring (bicyclic) bond motifs is 3. The van der Waals surface area contributed by atoms with E-state index in [1.54, 1.807) is 31.4 Å². The number of benzene rings is 3. The third-order valence-corrected chi connectivity index (χ3v) is 8.58. The summed E-state index contributed by atoms with van der Waals surface area (Å²) in [5, 5.41) is 0.0363. The van der Waals surface area contributed by atoms with E-state index >= 15 is 0 Å². The van der Waals surface area contributed by atoms with Crippen LogP contribution in [0.25, 0.3) is 0 Å². The van der Waals surface area contributed by atoms with E-state index < -0.39 is 17.7 Å². The standard InChI is InChI=1S/C30H31F2N2O4S/c1-37-26-8-4-5-9-28(26)39-29(35)20-34-16-14-22(15-17-34)27(19-34)38-30(36)33(25-7-3-2-6-24(25)32)18-21-10-12-23(31)13-11-21/h2-13,22,27H,14-20H2,1H3/q+1. The number of quaternary nitrogens is 1. The largest absolute Gasteiger partial charge is 0.496 e. The van der Waals surface area contributed by atoms with Crippen molar-refractivity contribution in [2.24, 2.45) is 5.92 Å². The summed E-state index contributed by atoms with van der Waals surface area (Å²) in [7, 11) is 1.58. The summed E-state index contributed by atoms with van der Waals surface area (Å²) in [4.78, 5) is 28.7. The molecule has 3 aliphatic rings. The van der Waals surface area contributed by atoms with Crippen molar-refractivity contribution in [3.63, 3.8) is 0 Å². The van der Waals surface area contributed by atoms with Crippen molar-refractivity contribution in [2.75, 3.05) is 38.2 Å². The number of carbonyl (C=O) groups excluding carboxylic acids is 2. The first kappa shape index (κ1) is 27.1. The second kappa shape index (κ2) is 11.8. The van der Waals surface area contributed by atoms with Gasteiger partial charge in [-0.25, -0.2) is 13.6 Å². The minimum Gasteiger partial charge on any atom is -0.496 e. The molecule has 3 aliphatic heterocycles. The highest BCUT2D eigenvalue weighted by molar-refractivity contribution is 8.13. The van der Waals surface area contributed by atoms with Crippen LogP contribution in [0.3, 0.4) is 0 Å². The zero-order valence-electron chi connectivity index (χ0n) is 21.7. The third kappa shape index (κ3) is 6.25. The van der Waals surface area contributed by atoms with Gasteiger partial charge in [-0.1, -0.05) is 36.4 Å². The fourth-order valence-electron chi connectivity index (χ4n) is 5.59. The smallest absolute Gasteiger partial charge is 0.415 e. The maximum absolute atomic E-state index is 14.8. The number of nitrogens with zero attached hydrogens (tertiary/aromatic N) is 2. The van der Waals surface area contributed by atoms with Gasteiger partial charge in [0.15, 0.2) is 6.10 Å². The molecule has 3 fully saturated rings. The predicted octanol–water partition coefficient (Wildman–Crippen LogP) is 6.04. The van der Waals surface area contributed by atoms with Crippen molar-refractivity contribution >= 4 is 28.7 Å². The molecule has 3 aromatic carbocycles. The number of para-hydroxylation sites is 2. The monoisotopic (exact) mass is 553 g/mol. The second-order valence-electron chi connectivity index (χ2n) is 10.2. The minimum atomic E-state index is -0.656. The number of rotatable bonds is 8. The van der Waals surface area contributed by atoms with E-state index in [4.69, 9.17) is 9.47 Å². The summed E-state index contributed by atoms with van der Waals surface area (Å²) in [5.74, 6) is -0.0833. The molecule has 0 aliphatic carbocycles. The Morgan fingerprint density at radius 3 is 2.38 bits per heavy atom. The van der Waals surface area contributed by atoms with Crippen LogP contribution < -0.4 is 9.64 Å². The molecule has 3 saturated heterocycles. The highest BCUT2D eigenvalue weighted by Gasteiger charge is 2.49. The fraction of sp³-hybridized carbons (Fsp3) is 0.333. The summed E-state index contributed by atoms with van der Waals surface area (Å²) in [6, 6.07) is 19.2. The van der Waals surface area contributed by atoms with Crippen LogP contribution in [0.4, 0.5) is 19.3 Å². The molecular weight excluding hydrogens is 522 g/mol. The number of anilines is 1. The molecular formula is C30H31F2N2O4S+. The normalized spacial score (nSPS) is 21.8. The molecule has 204 valence electrons. The molecule has 9 heteroatoms. The highest BCUT2D eigenvalue weighted by Crippen LogP contribution is 2.38. The maximum Gasteiger partial charge on any atom is 0.415 e. The number of methoxy groups -OCH3 is 1. The van der Waals surface area contributed by atoms with Gasteiger partial charge in [0.2, 0.25) is 5.12 Å². The number of hydrogen-bond acceptors (Lipinski definition) is 5. The molecule has 1 atom stereocenters. The van der Waals surface area contributed by atoms with Gasteiger partial charge in [0.25, 0.3) is 0 Å². The number of amides is 1. The number of piperidine rings is 3. The van der Waals surface area contributed by atoms with Crippen LogP contribution in [0.5, 0.6) is 5.75 Å². The van der Waals surface area contributed by atoms with Crippen LogP contribution >= 0.6 is 11.8 Å². The van der Waals surface area contributed by atoms with E-state index in [2.05, 4.69) is 0 Å². The van der Waals surface area contributed by atoms with Gasteiger partial charge in [0.05, 0.1) is 37.3 Å². The molecule has 1 unspecified atom stereocenters. The molecule has 3 heterocycles. The first-order valence-electron chi connectivity index (χ1n) is 13.0. The first-order valence-corrected chi connectivity index (χ1v) is 13.8. The molecule has 2 bridgehead atoms. The van der Waals surface area contributed by atoms with Gasteiger partial charge < -0.3 is 14.0 Å². The third-order valence-electron chi connectivity index (χ3n) is 7.67. The van der Waals surface area contributed by atoms with Crippen molar-refractivity contribution < 1.29 is 32.3 Å². The van der Waals surface area contributed by atoms with Crippen LogP contribution in [0.15, 0.2) is 77.7 Å². The Bertz CT molecular complexity index is 1330. The number of hydrogen-bond donors (Lipinski definition) is 0. The Balaban J connectivity index is 1.30. The molecule has 39 heavy (non-hydrogen) atoms. The molecule has 6 rings (SSSR count). The Morgan fingerprint density at radius 1 is 0.974 bits per heavy atom. The van der Waals surface area contributed by atoms with E-state index in [9.17, 15) is 18.4 Å². The van der Waals surface area contributed by atoms with Crippen molar-refractivity contribution in [3.05, 3.63) is 90.0 Å². The lowest BCUT2D eigenvalue weighted by atomic mass is 9.83. The van der Waals surface area contributed by atoms with Crippen molar-refractivity contribution in [2.45, 2.75) is 30.4 Å². The average Bonchev–Trinajstić information content (AvgIpc) is 2.94. The topological polar surface area (TPSA) is 55.8 Å². The van der Waals surface area contributed by atoms with Gasteiger partial charge in [-0.15, -0.1) is 0 Å².